The van der Waals surface area contributed by atoms with Gasteiger partial charge in [-0.3, -0.25) is 4.79 Å². The quantitative estimate of drug-likeness (QED) is 0.587. The average molecular weight is 444 g/mol. The molecular weight excluding hydrogens is 425 g/mol. The fraction of sp³-hybridized carbons (Fsp3) is 0.182. The third kappa shape index (κ3) is 4.62. The first kappa shape index (κ1) is 21.3. The number of carbonyl (C=O) groups excluding carboxylic acids is 1. The van der Waals surface area contributed by atoms with E-state index in [4.69, 9.17) is 23.2 Å². The molecule has 1 heterocycles. The molecule has 4 nitrogen and oxygen atoms in total. The summed E-state index contributed by atoms with van der Waals surface area (Å²) in [6, 6.07) is 16.5. The third-order valence-electron chi connectivity index (χ3n) is 4.50. The number of carbonyl (C=O) groups is 1. The van der Waals surface area contributed by atoms with E-state index in [2.05, 4.69) is 16.7 Å². The summed E-state index contributed by atoms with van der Waals surface area (Å²) in [5.74, 6) is -0.0608. The number of nitriles is 1. The maximum atomic E-state index is 13.3. The van der Waals surface area contributed by atoms with Crippen LogP contribution in [0.25, 0.3) is 0 Å². The number of hydrogen-bond acceptors (Lipinski definition) is 4. The summed E-state index contributed by atoms with van der Waals surface area (Å²) in [6.45, 7) is 3.85. The monoisotopic (exact) mass is 443 g/mol. The molecule has 2 N–H and O–H groups in total. The van der Waals surface area contributed by atoms with Crippen molar-refractivity contribution in [1.29, 1.82) is 5.26 Å². The molecule has 0 fully saturated rings. The van der Waals surface area contributed by atoms with Crippen LogP contribution in [0.5, 0.6) is 0 Å². The molecule has 1 aliphatic rings. The lowest BCUT2D eigenvalue weighted by Gasteiger charge is -2.30. The van der Waals surface area contributed by atoms with E-state index in [0.717, 1.165) is 16.3 Å². The molecule has 0 spiro atoms. The first-order chi connectivity index (χ1) is 14.0. The number of anilines is 1. The lowest BCUT2D eigenvalue weighted by atomic mass is 9.82. The number of thioether (sulfide) groups is 1. The highest BCUT2D eigenvalue weighted by Crippen LogP contribution is 2.43. The van der Waals surface area contributed by atoms with Crippen LogP contribution in [0.15, 0.2) is 70.4 Å². The van der Waals surface area contributed by atoms with E-state index in [-0.39, 0.29) is 5.91 Å². The molecule has 1 atom stereocenters. The van der Waals surface area contributed by atoms with Gasteiger partial charge < -0.3 is 10.6 Å². The van der Waals surface area contributed by atoms with E-state index in [1.165, 1.54) is 11.8 Å². The Balaban J connectivity index is 2.08. The van der Waals surface area contributed by atoms with Gasteiger partial charge in [0.15, 0.2) is 0 Å². The number of nitrogens with zero attached hydrogens (tertiary/aromatic N) is 1. The van der Waals surface area contributed by atoms with E-state index in [1.54, 1.807) is 30.3 Å². The van der Waals surface area contributed by atoms with Crippen molar-refractivity contribution >= 4 is 46.6 Å². The molecule has 7 heteroatoms. The molecule has 0 saturated heterocycles. The van der Waals surface area contributed by atoms with Gasteiger partial charge in [0.1, 0.15) is 0 Å². The van der Waals surface area contributed by atoms with Gasteiger partial charge in [-0.15, -0.1) is 11.8 Å². The van der Waals surface area contributed by atoms with Crippen LogP contribution < -0.4 is 10.6 Å². The predicted molar refractivity (Wildman–Crippen MR) is 121 cm³/mol. The first-order valence-corrected chi connectivity index (χ1v) is 10.8. The number of nitrogens with one attached hydrogen (secondary N) is 2. The number of allylic oxidation sites excluding steroid dienone is 2. The van der Waals surface area contributed by atoms with Gasteiger partial charge in [0.2, 0.25) is 0 Å². The van der Waals surface area contributed by atoms with E-state index in [0.29, 0.717) is 32.6 Å². The largest absolute Gasteiger partial charge is 0.353 e. The molecule has 0 aliphatic carbocycles. The van der Waals surface area contributed by atoms with Crippen molar-refractivity contribution in [2.24, 2.45) is 0 Å². The van der Waals surface area contributed by atoms with Crippen LogP contribution in [-0.4, -0.2) is 11.7 Å². The summed E-state index contributed by atoms with van der Waals surface area (Å²) in [5, 5.41) is 17.9. The second-order valence-electron chi connectivity index (χ2n) is 6.37. The molecule has 1 amide bonds. The maximum absolute atomic E-state index is 13.3. The smallest absolute Gasteiger partial charge is 0.254 e. The van der Waals surface area contributed by atoms with Crippen molar-refractivity contribution in [2.45, 2.75) is 19.8 Å². The molecule has 2 aromatic rings. The summed E-state index contributed by atoms with van der Waals surface area (Å²) >= 11 is 13.9. The maximum Gasteiger partial charge on any atom is 0.254 e. The van der Waals surface area contributed by atoms with Gasteiger partial charge in [-0.2, -0.15) is 5.26 Å². The number of amides is 1. The molecule has 0 unspecified atom stereocenters. The SMILES string of the molecule is CCSC1=C(C#N)[C@H](c2ccccc2Cl)C(C(=O)Nc2ccc(Cl)cc2)=C(C)N1. The summed E-state index contributed by atoms with van der Waals surface area (Å²) in [7, 11) is 0. The summed E-state index contributed by atoms with van der Waals surface area (Å²) < 4.78 is 0. The molecule has 0 saturated carbocycles. The number of benzene rings is 2. The zero-order valence-corrected chi connectivity index (χ0v) is 18.3. The minimum Gasteiger partial charge on any atom is -0.353 e. The lowest BCUT2D eigenvalue weighted by molar-refractivity contribution is -0.113. The second kappa shape index (κ2) is 9.41. The fourth-order valence-electron chi connectivity index (χ4n) is 3.22. The van der Waals surface area contributed by atoms with Crippen LogP contribution in [-0.2, 0) is 4.79 Å². The molecular formula is C22H19Cl2N3OS. The zero-order chi connectivity index (χ0) is 21.0. The normalized spacial score (nSPS) is 16.3. The molecule has 0 bridgehead atoms. The third-order valence-corrected chi connectivity index (χ3v) is 5.99. The van der Waals surface area contributed by atoms with Gasteiger partial charge in [0.05, 0.1) is 22.6 Å². The first-order valence-electron chi connectivity index (χ1n) is 9.02. The van der Waals surface area contributed by atoms with Crippen LogP contribution >= 0.6 is 35.0 Å². The highest BCUT2D eigenvalue weighted by atomic mass is 35.5. The van der Waals surface area contributed by atoms with Gasteiger partial charge in [0, 0.05) is 27.0 Å². The highest BCUT2D eigenvalue weighted by Gasteiger charge is 2.35. The molecule has 3 rings (SSSR count). The van der Waals surface area contributed by atoms with Crippen LogP contribution in [0.3, 0.4) is 0 Å². The Bertz CT molecular complexity index is 1040. The Hall–Kier alpha value is -2.39. The molecule has 148 valence electrons. The molecule has 1 aliphatic heterocycles. The summed E-state index contributed by atoms with van der Waals surface area (Å²) in [6.07, 6.45) is 0. The van der Waals surface area contributed by atoms with Gasteiger partial charge in [-0.1, -0.05) is 48.3 Å². The Morgan fingerprint density at radius 1 is 1.21 bits per heavy atom. The van der Waals surface area contributed by atoms with Crippen LogP contribution in [0, 0.1) is 11.3 Å². The number of dihydropyridines is 1. The van der Waals surface area contributed by atoms with Crippen molar-refractivity contribution < 1.29 is 4.79 Å². The van der Waals surface area contributed by atoms with Crippen LogP contribution in [0.2, 0.25) is 10.0 Å². The zero-order valence-electron chi connectivity index (χ0n) is 15.9. The Labute approximate surface area is 184 Å². The second-order valence-corrected chi connectivity index (χ2v) is 8.48. The van der Waals surface area contributed by atoms with Gasteiger partial charge >= 0.3 is 0 Å². The van der Waals surface area contributed by atoms with Crippen molar-refractivity contribution in [3.63, 3.8) is 0 Å². The Kier molecular flexibility index (Phi) is 6.92. The standard InChI is InChI=1S/C22H19Cl2N3OS/c1-3-29-22-17(12-25)20(16-6-4-5-7-18(16)24)19(13(2)26-22)21(28)27-15-10-8-14(23)9-11-15/h4-11,20,26H,3H2,1-2H3,(H,27,28)/t20-/m0/s1. The van der Waals surface area contributed by atoms with Crippen LogP contribution in [0.4, 0.5) is 5.69 Å². The minimum absolute atomic E-state index is 0.296. The van der Waals surface area contributed by atoms with Crippen molar-refractivity contribution in [3.05, 3.63) is 86.0 Å². The topological polar surface area (TPSA) is 64.9 Å². The summed E-state index contributed by atoms with van der Waals surface area (Å²) in [5.41, 5.74) is 2.98. The van der Waals surface area contributed by atoms with E-state index in [1.807, 2.05) is 32.0 Å². The number of halogens is 2. The molecule has 29 heavy (non-hydrogen) atoms. The molecule has 2 aromatic carbocycles. The van der Waals surface area contributed by atoms with Gasteiger partial charge in [-0.25, -0.2) is 0 Å². The van der Waals surface area contributed by atoms with Crippen molar-refractivity contribution in [1.82, 2.24) is 5.32 Å². The molecule has 0 aromatic heterocycles. The minimum atomic E-state index is -0.559. The van der Waals surface area contributed by atoms with Crippen LogP contribution in [0.1, 0.15) is 25.3 Å². The van der Waals surface area contributed by atoms with E-state index in [9.17, 15) is 10.1 Å². The van der Waals surface area contributed by atoms with Crippen molar-refractivity contribution in [2.75, 3.05) is 11.1 Å². The van der Waals surface area contributed by atoms with E-state index >= 15 is 0 Å². The van der Waals surface area contributed by atoms with Gasteiger partial charge in [0.25, 0.3) is 5.91 Å². The van der Waals surface area contributed by atoms with E-state index < -0.39 is 5.92 Å². The highest BCUT2D eigenvalue weighted by molar-refractivity contribution is 8.03. The average Bonchev–Trinajstić information content (AvgIpc) is 2.70. The van der Waals surface area contributed by atoms with Crippen molar-refractivity contribution in [3.8, 4) is 6.07 Å². The number of rotatable bonds is 5. The Morgan fingerprint density at radius 3 is 2.52 bits per heavy atom. The molecule has 0 radical (unpaired) electrons. The predicted octanol–water partition coefficient (Wildman–Crippen LogP) is 6.08. The Morgan fingerprint density at radius 2 is 1.90 bits per heavy atom. The van der Waals surface area contributed by atoms with Gasteiger partial charge in [-0.05, 0) is 48.6 Å². The lowest BCUT2D eigenvalue weighted by Crippen LogP contribution is -2.30. The summed E-state index contributed by atoms with van der Waals surface area (Å²) in [4.78, 5) is 13.3. The number of hydrogen-bond donors (Lipinski definition) is 2. The fourth-order valence-corrected chi connectivity index (χ4v) is 4.43.